The smallest absolute Gasteiger partial charge is 0.225 e. The van der Waals surface area contributed by atoms with E-state index in [9.17, 15) is 4.21 Å². The summed E-state index contributed by atoms with van der Waals surface area (Å²) in [6.07, 6.45) is 0.954. The molecule has 3 rings (SSSR count). The highest BCUT2D eigenvalue weighted by molar-refractivity contribution is 7.68. The van der Waals surface area contributed by atoms with Crippen LogP contribution in [0, 0.1) is 0 Å². The van der Waals surface area contributed by atoms with E-state index >= 15 is 0 Å². The van der Waals surface area contributed by atoms with Crippen LogP contribution in [-0.4, -0.2) is 20.6 Å². The Bertz CT molecular complexity index is 1020. The van der Waals surface area contributed by atoms with Crippen molar-refractivity contribution in [1.82, 2.24) is 9.97 Å². The fourth-order valence-corrected chi connectivity index (χ4v) is 2.79. The Morgan fingerprint density at radius 1 is 1.07 bits per heavy atom. The first-order valence-electron chi connectivity index (χ1n) is 9.19. The van der Waals surface area contributed by atoms with Crippen molar-refractivity contribution < 1.29 is 8.76 Å². The lowest BCUT2D eigenvalue weighted by molar-refractivity contribution is 0.529. The number of nitrogens with one attached hydrogen (secondary N) is 3. The number of nitrogens with zero attached hydrogens (tertiary/aromatic N) is 3. The van der Waals surface area contributed by atoms with Gasteiger partial charge in [0, 0.05) is 23.4 Å². The van der Waals surface area contributed by atoms with Crippen LogP contribution in [0.4, 0.5) is 23.1 Å². The molecule has 0 fully saturated rings. The standard InChI is InChI=1S/C20H23N6O2S/c1-3-14(2)21-20-22-18(15-7-5-4-6-8-15)13-19(23-20)25-24-16-9-11-17(12-10-16)26-29(27)28/h4-14,24H,3H2,1-2H3,(H,26,27,28)(H2,21,22,23,25)/q-1/t14-/m0/s1. The second-order valence-corrected chi connectivity index (χ2v) is 7.04. The van der Waals surface area contributed by atoms with Gasteiger partial charge < -0.3 is 18.4 Å². The van der Waals surface area contributed by atoms with Gasteiger partial charge in [-0.1, -0.05) is 48.1 Å². The van der Waals surface area contributed by atoms with Gasteiger partial charge in [0.1, 0.15) is 0 Å². The highest BCUT2D eigenvalue weighted by Gasteiger charge is 2.08. The van der Waals surface area contributed by atoms with Crippen molar-refractivity contribution in [3.8, 4) is 11.3 Å². The Kier molecular flexibility index (Phi) is 6.99. The molecule has 0 amide bonds. The van der Waals surface area contributed by atoms with Crippen molar-refractivity contribution in [2.45, 2.75) is 26.3 Å². The summed E-state index contributed by atoms with van der Waals surface area (Å²) >= 11 is 0. The molecule has 8 nitrogen and oxygen atoms in total. The lowest BCUT2D eigenvalue weighted by Crippen LogP contribution is -2.17. The highest BCUT2D eigenvalue weighted by atomic mass is 32.2. The molecule has 1 aromatic heterocycles. The molecule has 1 heterocycles. The van der Waals surface area contributed by atoms with Gasteiger partial charge in [0.25, 0.3) is 0 Å². The first-order valence-corrected chi connectivity index (χ1v) is 10.3. The van der Waals surface area contributed by atoms with Gasteiger partial charge in [-0.25, -0.2) is 4.98 Å². The lowest BCUT2D eigenvalue weighted by Gasteiger charge is -2.15. The van der Waals surface area contributed by atoms with E-state index in [-0.39, 0.29) is 6.04 Å². The summed E-state index contributed by atoms with van der Waals surface area (Å²) in [6.45, 7) is 4.18. The minimum Gasteiger partial charge on any atom is -0.454 e. The van der Waals surface area contributed by atoms with Gasteiger partial charge in [-0.05, 0) is 37.6 Å². The average molecular weight is 412 g/mol. The second kappa shape index (κ2) is 9.85. The normalized spacial score (nSPS) is 12.9. The van der Waals surface area contributed by atoms with Crippen molar-refractivity contribution in [2.75, 3.05) is 16.2 Å². The van der Waals surface area contributed by atoms with E-state index in [1.165, 1.54) is 0 Å². The molecule has 0 radical (unpaired) electrons. The summed E-state index contributed by atoms with van der Waals surface area (Å²) < 4.78 is 23.1. The minimum atomic E-state index is -2.22. The van der Waals surface area contributed by atoms with Crippen LogP contribution in [0.15, 0.2) is 65.0 Å². The van der Waals surface area contributed by atoms with Crippen molar-refractivity contribution in [3.05, 3.63) is 60.7 Å². The van der Waals surface area contributed by atoms with Crippen LogP contribution in [0.5, 0.6) is 0 Å². The number of rotatable bonds is 8. The quantitative estimate of drug-likeness (QED) is 0.233. The zero-order chi connectivity index (χ0) is 20.6. The Morgan fingerprint density at radius 3 is 2.45 bits per heavy atom. The number of anilines is 3. The fraction of sp³-hybridized carbons (Fsp3) is 0.200. The summed E-state index contributed by atoms with van der Waals surface area (Å²) in [4.78, 5) is 9.16. The lowest BCUT2D eigenvalue weighted by atomic mass is 10.1. The summed E-state index contributed by atoms with van der Waals surface area (Å²) in [5, 5.41) is 3.31. The number of benzene rings is 2. The third kappa shape index (κ3) is 6.16. The summed E-state index contributed by atoms with van der Waals surface area (Å²) in [5.74, 6) is 1.15. The Morgan fingerprint density at radius 2 is 1.79 bits per heavy atom. The molecule has 0 spiro atoms. The molecule has 0 saturated carbocycles. The second-order valence-electron chi connectivity index (χ2n) is 6.40. The molecule has 2 aromatic carbocycles. The first-order chi connectivity index (χ1) is 14.0. The number of hydrogen-bond donors (Lipinski definition) is 4. The zero-order valence-electron chi connectivity index (χ0n) is 16.2. The van der Waals surface area contributed by atoms with Gasteiger partial charge in [0.15, 0.2) is 5.82 Å². The molecular formula is C20H23N6O2S-. The summed E-state index contributed by atoms with van der Waals surface area (Å²) in [6, 6.07) is 18.8. The monoisotopic (exact) mass is 411 g/mol. The molecule has 0 saturated heterocycles. The summed E-state index contributed by atoms with van der Waals surface area (Å²) in [7, 11) is -2.22. The van der Waals surface area contributed by atoms with Crippen molar-refractivity contribution >= 4 is 34.0 Å². The van der Waals surface area contributed by atoms with Crippen LogP contribution >= 0.6 is 0 Å². The van der Waals surface area contributed by atoms with Gasteiger partial charge in [-0.2, -0.15) is 4.98 Å². The topological polar surface area (TPSA) is 112 Å². The van der Waals surface area contributed by atoms with Crippen LogP contribution in [0.1, 0.15) is 20.3 Å². The average Bonchev–Trinajstić information content (AvgIpc) is 2.73. The SMILES string of the molecule is CC[C@H](C)Nc1nc(NNc2ccc(N=[S-](=O)O)cc2)cc(-c2ccccc2)n1. The van der Waals surface area contributed by atoms with Crippen LogP contribution in [0.25, 0.3) is 11.3 Å². The maximum absolute atomic E-state index is 10.7. The van der Waals surface area contributed by atoms with Crippen molar-refractivity contribution in [1.29, 1.82) is 0 Å². The molecule has 1 atom stereocenters. The maximum Gasteiger partial charge on any atom is 0.225 e. The molecule has 4 N–H and O–H groups in total. The van der Waals surface area contributed by atoms with Gasteiger partial charge in [-0.3, -0.25) is 10.9 Å². The van der Waals surface area contributed by atoms with E-state index in [1.54, 1.807) is 24.3 Å². The molecule has 0 aliphatic carbocycles. The predicted molar refractivity (Wildman–Crippen MR) is 117 cm³/mol. The van der Waals surface area contributed by atoms with E-state index in [1.807, 2.05) is 36.4 Å². The Labute approximate surface area is 171 Å². The predicted octanol–water partition coefficient (Wildman–Crippen LogP) is 5.04. The Balaban J connectivity index is 1.81. The van der Waals surface area contributed by atoms with E-state index in [2.05, 4.69) is 44.3 Å². The van der Waals surface area contributed by atoms with Gasteiger partial charge in [0.05, 0.1) is 11.4 Å². The maximum atomic E-state index is 10.7. The fourth-order valence-electron chi connectivity index (χ4n) is 2.49. The molecule has 0 aliphatic rings. The highest BCUT2D eigenvalue weighted by Crippen LogP contribution is 2.22. The van der Waals surface area contributed by atoms with Gasteiger partial charge in [-0.15, -0.1) is 0 Å². The van der Waals surface area contributed by atoms with Crippen molar-refractivity contribution in [2.24, 2.45) is 4.36 Å². The molecule has 9 heteroatoms. The largest absolute Gasteiger partial charge is 0.454 e. The van der Waals surface area contributed by atoms with Crippen LogP contribution < -0.4 is 16.2 Å². The van der Waals surface area contributed by atoms with Gasteiger partial charge >= 0.3 is 0 Å². The Hall–Kier alpha value is -3.17. The minimum absolute atomic E-state index is 0.246. The van der Waals surface area contributed by atoms with E-state index < -0.39 is 10.9 Å². The number of aromatic nitrogens is 2. The first kappa shape index (κ1) is 20.6. The van der Waals surface area contributed by atoms with Crippen molar-refractivity contribution in [3.63, 3.8) is 0 Å². The molecule has 0 unspecified atom stereocenters. The van der Waals surface area contributed by atoms with E-state index in [0.29, 0.717) is 17.5 Å². The molecule has 0 bridgehead atoms. The van der Waals surface area contributed by atoms with E-state index in [4.69, 9.17) is 4.55 Å². The molecule has 152 valence electrons. The van der Waals surface area contributed by atoms with Crippen LogP contribution in [0.2, 0.25) is 0 Å². The van der Waals surface area contributed by atoms with Crippen LogP contribution in [0.3, 0.4) is 0 Å². The number of hydrazine groups is 1. The van der Waals surface area contributed by atoms with E-state index in [0.717, 1.165) is 23.4 Å². The van der Waals surface area contributed by atoms with Gasteiger partial charge in [0.2, 0.25) is 5.95 Å². The molecule has 29 heavy (non-hydrogen) atoms. The zero-order valence-corrected chi connectivity index (χ0v) is 17.0. The third-order valence-electron chi connectivity index (χ3n) is 4.17. The molecular weight excluding hydrogens is 388 g/mol. The third-order valence-corrected chi connectivity index (χ3v) is 4.54. The summed E-state index contributed by atoms with van der Waals surface area (Å²) in [5.41, 5.74) is 9.12. The van der Waals surface area contributed by atoms with Crippen LogP contribution in [-0.2, 0) is 15.1 Å². The molecule has 0 aliphatic heterocycles. The molecule has 3 aromatic rings. The number of hydrogen-bond acceptors (Lipinski definition) is 8.